The van der Waals surface area contributed by atoms with E-state index in [4.69, 9.17) is 5.11 Å². The maximum Gasteiger partial charge on any atom is 0.0584 e. The second kappa shape index (κ2) is 5.33. The maximum absolute atomic E-state index is 9.07. The molecule has 1 aromatic rings. The molecule has 3 heteroatoms. The van der Waals surface area contributed by atoms with Crippen molar-refractivity contribution in [2.75, 3.05) is 6.61 Å². The van der Waals surface area contributed by atoms with Crippen molar-refractivity contribution >= 4 is 0 Å². The molecule has 1 atom stereocenters. The second-order valence-corrected chi connectivity index (χ2v) is 4.12. The fraction of sp³-hybridized carbons (Fsp3) is 0.667. The summed E-state index contributed by atoms with van der Waals surface area (Å²) < 4.78 is 2.19. The highest BCUT2D eigenvalue weighted by molar-refractivity contribution is 5.26. The number of nitrogens with zero attached hydrogens (tertiary/aromatic N) is 1. The molecule has 0 fully saturated rings. The Morgan fingerprint density at radius 3 is 2.53 bits per heavy atom. The van der Waals surface area contributed by atoms with E-state index in [0.29, 0.717) is 0 Å². The van der Waals surface area contributed by atoms with Crippen molar-refractivity contribution in [1.82, 2.24) is 9.88 Å². The van der Waals surface area contributed by atoms with Crippen LogP contribution in [0.15, 0.2) is 6.07 Å². The zero-order valence-electron chi connectivity index (χ0n) is 10.2. The molecule has 0 aliphatic carbocycles. The summed E-state index contributed by atoms with van der Waals surface area (Å²) >= 11 is 0. The average molecular weight is 210 g/mol. The summed E-state index contributed by atoms with van der Waals surface area (Å²) in [6, 6.07) is 2.41. The van der Waals surface area contributed by atoms with Crippen molar-refractivity contribution in [3.8, 4) is 0 Å². The van der Waals surface area contributed by atoms with Crippen molar-refractivity contribution in [3.63, 3.8) is 0 Å². The van der Waals surface area contributed by atoms with E-state index in [-0.39, 0.29) is 12.6 Å². The zero-order valence-corrected chi connectivity index (χ0v) is 10.2. The SMILES string of the molecule is CC[C@H](CO)NCc1cc(C)n(C)c1C. The van der Waals surface area contributed by atoms with Crippen LogP contribution in [0.4, 0.5) is 0 Å². The first-order chi connectivity index (χ1) is 7.10. The summed E-state index contributed by atoms with van der Waals surface area (Å²) in [6.45, 7) is 7.37. The molecule has 15 heavy (non-hydrogen) atoms. The van der Waals surface area contributed by atoms with Gasteiger partial charge in [0.25, 0.3) is 0 Å². The first kappa shape index (κ1) is 12.3. The van der Waals surface area contributed by atoms with Crippen LogP contribution in [0.5, 0.6) is 0 Å². The quantitative estimate of drug-likeness (QED) is 0.773. The van der Waals surface area contributed by atoms with E-state index in [0.717, 1.165) is 13.0 Å². The molecule has 2 N–H and O–H groups in total. The van der Waals surface area contributed by atoms with Gasteiger partial charge in [0.15, 0.2) is 0 Å². The van der Waals surface area contributed by atoms with Crippen LogP contribution in [-0.2, 0) is 13.6 Å². The van der Waals surface area contributed by atoms with Crippen LogP contribution in [0, 0.1) is 13.8 Å². The molecule has 0 radical (unpaired) electrons. The third-order valence-corrected chi connectivity index (χ3v) is 3.17. The zero-order chi connectivity index (χ0) is 11.4. The molecule has 0 unspecified atom stereocenters. The van der Waals surface area contributed by atoms with E-state index >= 15 is 0 Å². The lowest BCUT2D eigenvalue weighted by molar-refractivity contribution is 0.238. The lowest BCUT2D eigenvalue weighted by Gasteiger charge is -2.13. The normalized spacial score (nSPS) is 13.1. The van der Waals surface area contributed by atoms with Gasteiger partial charge in [-0.05, 0) is 31.9 Å². The molecule has 86 valence electrons. The number of rotatable bonds is 5. The smallest absolute Gasteiger partial charge is 0.0584 e. The van der Waals surface area contributed by atoms with E-state index in [1.165, 1.54) is 17.0 Å². The molecule has 0 aliphatic rings. The van der Waals surface area contributed by atoms with Gasteiger partial charge in [-0.2, -0.15) is 0 Å². The molecular weight excluding hydrogens is 188 g/mol. The molecule has 0 spiro atoms. The van der Waals surface area contributed by atoms with Crippen molar-refractivity contribution in [2.45, 2.75) is 39.8 Å². The predicted molar refractivity (Wildman–Crippen MR) is 62.9 cm³/mol. The summed E-state index contributed by atoms with van der Waals surface area (Å²) in [5, 5.41) is 12.4. The fourth-order valence-electron chi connectivity index (χ4n) is 1.70. The standard InChI is InChI=1S/C12H22N2O/c1-5-12(8-15)13-7-11-6-9(2)14(4)10(11)3/h6,12-13,15H,5,7-8H2,1-4H3/t12-/m1/s1. The summed E-state index contributed by atoms with van der Waals surface area (Å²) in [5.41, 5.74) is 3.90. The third kappa shape index (κ3) is 2.83. The van der Waals surface area contributed by atoms with E-state index in [1.54, 1.807) is 0 Å². The number of nitrogens with one attached hydrogen (secondary N) is 1. The highest BCUT2D eigenvalue weighted by Gasteiger charge is 2.08. The molecule has 1 rings (SSSR count). The highest BCUT2D eigenvalue weighted by Crippen LogP contribution is 2.13. The first-order valence-electron chi connectivity index (χ1n) is 5.56. The van der Waals surface area contributed by atoms with Crippen LogP contribution >= 0.6 is 0 Å². The van der Waals surface area contributed by atoms with Crippen LogP contribution in [0.3, 0.4) is 0 Å². The van der Waals surface area contributed by atoms with Crippen LogP contribution in [-0.4, -0.2) is 22.3 Å². The van der Waals surface area contributed by atoms with Crippen LogP contribution in [0.25, 0.3) is 0 Å². The van der Waals surface area contributed by atoms with Gasteiger partial charge in [-0.3, -0.25) is 0 Å². The van der Waals surface area contributed by atoms with Crippen molar-refractivity contribution in [1.29, 1.82) is 0 Å². The molecule has 0 aromatic carbocycles. The minimum Gasteiger partial charge on any atom is -0.395 e. The van der Waals surface area contributed by atoms with Gasteiger partial charge in [0.05, 0.1) is 6.61 Å². The van der Waals surface area contributed by atoms with E-state index in [1.807, 2.05) is 0 Å². The summed E-state index contributed by atoms with van der Waals surface area (Å²) in [6.07, 6.45) is 0.960. The Balaban J connectivity index is 2.61. The molecule has 0 saturated carbocycles. The van der Waals surface area contributed by atoms with Crippen LogP contribution < -0.4 is 5.32 Å². The Kier molecular flexibility index (Phi) is 4.36. The molecule has 1 aromatic heterocycles. The van der Waals surface area contributed by atoms with Gasteiger partial charge < -0.3 is 15.0 Å². The summed E-state index contributed by atoms with van der Waals surface area (Å²) in [5.74, 6) is 0. The van der Waals surface area contributed by atoms with Gasteiger partial charge in [-0.25, -0.2) is 0 Å². The number of aliphatic hydroxyl groups excluding tert-OH is 1. The Bertz CT molecular complexity index is 314. The van der Waals surface area contributed by atoms with Gasteiger partial charge in [-0.1, -0.05) is 6.92 Å². The van der Waals surface area contributed by atoms with Crippen molar-refractivity contribution < 1.29 is 5.11 Å². The number of hydrogen-bond donors (Lipinski definition) is 2. The topological polar surface area (TPSA) is 37.2 Å². The Morgan fingerprint density at radius 1 is 1.47 bits per heavy atom. The Labute approximate surface area is 92.1 Å². The molecule has 0 amide bonds. The van der Waals surface area contributed by atoms with Gasteiger partial charge in [0, 0.05) is 31.0 Å². The second-order valence-electron chi connectivity index (χ2n) is 4.12. The van der Waals surface area contributed by atoms with E-state index in [9.17, 15) is 0 Å². The number of aliphatic hydroxyl groups is 1. The number of aryl methyl sites for hydroxylation is 1. The van der Waals surface area contributed by atoms with Gasteiger partial charge in [-0.15, -0.1) is 0 Å². The minimum atomic E-state index is 0.210. The van der Waals surface area contributed by atoms with Crippen molar-refractivity contribution in [2.24, 2.45) is 7.05 Å². The highest BCUT2D eigenvalue weighted by atomic mass is 16.3. The number of hydrogen-bond acceptors (Lipinski definition) is 2. The molecule has 1 heterocycles. The monoisotopic (exact) mass is 210 g/mol. The molecule has 0 aliphatic heterocycles. The molecule has 3 nitrogen and oxygen atoms in total. The van der Waals surface area contributed by atoms with Crippen LogP contribution in [0.2, 0.25) is 0 Å². The van der Waals surface area contributed by atoms with Gasteiger partial charge in [0.1, 0.15) is 0 Å². The lowest BCUT2D eigenvalue weighted by Crippen LogP contribution is -2.31. The van der Waals surface area contributed by atoms with Gasteiger partial charge >= 0.3 is 0 Å². The Morgan fingerprint density at radius 2 is 2.13 bits per heavy atom. The lowest BCUT2D eigenvalue weighted by atomic mass is 10.2. The summed E-state index contributed by atoms with van der Waals surface area (Å²) in [7, 11) is 2.08. The maximum atomic E-state index is 9.07. The Hall–Kier alpha value is -0.800. The molecular formula is C12H22N2O. The van der Waals surface area contributed by atoms with Crippen LogP contribution in [0.1, 0.15) is 30.3 Å². The predicted octanol–water partition coefficient (Wildman–Crippen LogP) is 1.50. The van der Waals surface area contributed by atoms with Gasteiger partial charge in [0.2, 0.25) is 0 Å². The average Bonchev–Trinajstić information content (AvgIpc) is 2.48. The van der Waals surface area contributed by atoms with E-state index in [2.05, 4.69) is 43.8 Å². The van der Waals surface area contributed by atoms with E-state index < -0.39 is 0 Å². The molecule has 0 saturated heterocycles. The third-order valence-electron chi connectivity index (χ3n) is 3.17. The number of aromatic nitrogens is 1. The minimum absolute atomic E-state index is 0.210. The molecule has 0 bridgehead atoms. The van der Waals surface area contributed by atoms with Crippen molar-refractivity contribution in [3.05, 3.63) is 23.0 Å². The fourth-order valence-corrected chi connectivity index (χ4v) is 1.70. The largest absolute Gasteiger partial charge is 0.395 e. The summed E-state index contributed by atoms with van der Waals surface area (Å²) in [4.78, 5) is 0. The first-order valence-corrected chi connectivity index (χ1v) is 5.56.